The number of thioether (sulfide) groups is 1. The second kappa shape index (κ2) is 9.30. The zero-order valence-corrected chi connectivity index (χ0v) is 19.2. The van der Waals surface area contributed by atoms with Gasteiger partial charge in [-0.1, -0.05) is 11.8 Å². The number of aromatic nitrogens is 3. The van der Waals surface area contributed by atoms with E-state index < -0.39 is 11.1 Å². The first-order valence-corrected chi connectivity index (χ1v) is 11.5. The van der Waals surface area contributed by atoms with Gasteiger partial charge in [-0.2, -0.15) is 0 Å². The van der Waals surface area contributed by atoms with Crippen molar-refractivity contribution in [3.8, 4) is 22.8 Å². The lowest BCUT2D eigenvalue weighted by atomic mass is 10.1. The van der Waals surface area contributed by atoms with Crippen LogP contribution in [0.15, 0.2) is 71.9 Å². The van der Waals surface area contributed by atoms with Crippen molar-refractivity contribution in [2.45, 2.75) is 17.3 Å². The molecule has 1 aliphatic rings. The Bertz CT molecular complexity index is 1420. The molecule has 5 rings (SSSR count). The second-order valence-electron chi connectivity index (χ2n) is 7.80. The van der Waals surface area contributed by atoms with E-state index in [1.807, 2.05) is 0 Å². The maximum Gasteiger partial charge on any atom is 0.262 e. The summed E-state index contributed by atoms with van der Waals surface area (Å²) in [4.78, 5) is 24.8. The average Bonchev–Trinajstić information content (AvgIpc) is 3.27. The minimum absolute atomic E-state index is 0.0675. The van der Waals surface area contributed by atoms with E-state index >= 15 is 0 Å². The minimum Gasteiger partial charge on any atom is -0.482 e. The van der Waals surface area contributed by atoms with Crippen molar-refractivity contribution >= 4 is 29.1 Å². The van der Waals surface area contributed by atoms with E-state index in [9.17, 15) is 18.4 Å². The molecule has 0 bridgehead atoms. The van der Waals surface area contributed by atoms with Gasteiger partial charge < -0.3 is 10.1 Å². The van der Waals surface area contributed by atoms with Gasteiger partial charge in [0.25, 0.3) is 5.91 Å². The number of Topliss-reactive ketones (excluding diaryl/α,β-unsaturated/α-hetero) is 1. The average molecular weight is 493 g/mol. The standard InChI is InChI=1S/C25H18F2N4O3S/c1-14(23(33)16-4-11-21-20(12-16)28-22(32)13-34-21)35-25-30-29-24(15-2-5-17(26)6-3-15)31(25)19-9-7-18(27)8-10-19/h2-12,14H,13H2,1H3,(H,28,32). The maximum absolute atomic E-state index is 13.6. The van der Waals surface area contributed by atoms with Crippen LogP contribution in [0.3, 0.4) is 0 Å². The Hall–Kier alpha value is -4.05. The molecule has 1 aromatic heterocycles. The van der Waals surface area contributed by atoms with Crippen molar-refractivity contribution < 1.29 is 23.1 Å². The number of carbonyl (C=O) groups excluding carboxylic acids is 2. The fourth-order valence-corrected chi connectivity index (χ4v) is 4.58. The highest BCUT2D eigenvalue weighted by atomic mass is 32.2. The van der Waals surface area contributed by atoms with E-state index in [1.165, 1.54) is 36.0 Å². The Morgan fingerprint density at radius 3 is 2.43 bits per heavy atom. The van der Waals surface area contributed by atoms with Gasteiger partial charge in [0.2, 0.25) is 0 Å². The number of nitrogens with zero attached hydrogens (tertiary/aromatic N) is 3. The number of ether oxygens (including phenoxy) is 1. The van der Waals surface area contributed by atoms with Gasteiger partial charge in [-0.25, -0.2) is 8.78 Å². The molecule has 1 N–H and O–H groups in total. The first kappa shape index (κ1) is 22.7. The van der Waals surface area contributed by atoms with E-state index in [2.05, 4.69) is 15.5 Å². The number of rotatable bonds is 6. The summed E-state index contributed by atoms with van der Waals surface area (Å²) in [5.41, 5.74) is 2.05. The number of anilines is 1. The molecule has 7 nitrogen and oxygen atoms in total. The highest BCUT2D eigenvalue weighted by Crippen LogP contribution is 2.33. The lowest BCUT2D eigenvalue weighted by Gasteiger charge is -2.19. The van der Waals surface area contributed by atoms with Crippen molar-refractivity contribution in [1.29, 1.82) is 0 Å². The number of hydrogen-bond donors (Lipinski definition) is 1. The normalized spacial score (nSPS) is 13.5. The topological polar surface area (TPSA) is 86.1 Å². The molecule has 1 amide bonds. The smallest absolute Gasteiger partial charge is 0.262 e. The number of hydrogen-bond acceptors (Lipinski definition) is 6. The first-order valence-electron chi connectivity index (χ1n) is 10.6. The SMILES string of the molecule is CC(Sc1nnc(-c2ccc(F)cc2)n1-c1ccc(F)cc1)C(=O)c1ccc2c(c1)NC(=O)CO2. The molecule has 1 aliphatic heterocycles. The molecule has 0 saturated heterocycles. The molecular weight excluding hydrogens is 474 g/mol. The quantitative estimate of drug-likeness (QED) is 0.304. The molecule has 176 valence electrons. The highest BCUT2D eigenvalue weighted by molar-refractivity contribution is 8.00. The Morgan fingerprint density at radius 1 is 1.03 bits per heavy atom. The number of benzene rings is 3. The zero-order valence-electron chi connectivity index (χ0n) is 18.4. The van der Waals surface area contributed by atoms with E-state index in [0.29, 0.717) is 39.2 Å². The van der Waals surface area contributed by atoms with Crippen LogP contribution >= 0.6 is 11.8 Å². The van der Waals surface area contributed by atoms with Crippen LogP contribution in [0.1, 0.15) is 17.3 Å². The van der Waals surface area contributed by atoms with Crippen molar-refractivity contribution in [2.75, 3.05) is 11.9 Å². The molecule has 0 aliphatic carbocycles. The predicted octanol–water partition coefficient (Wildman–Crippen LogP) is 4.91. The van der Waals surface area contributed by atoms with E-state index in [1.54, 1.807) is 54.0 Å². The molecule has 0 spiro atoms. The molecule has 3 aromatic carbocycles. The Kier molecular flexibility index (Phi) is 6.04. The van der Waals surface area contributed by atoms with E-state index in [4.69, 9.17) is 4.74 Å². The predicted molar refractivity (Wildman–Crippen MR) is 127 cm³/mol. The van der Waals surface area contributed by atoms with Crippen LogP contribution in [0.25, 0.3) is 17.1 Å². The van der Waals surface area contributed by atoms with Crippen LogP contribution in [0, 0.1) is 11.6 Å². The molecule has 1 unspecified atom stereocenters. The number of halogens is 2. The van der Waals surface area contributed by atoms with Gasteiger partial charge in [0.15, 0.2) is 23.4 Å². The van der Waals surface area contributed by atoms with Crippen LogP contribution in [0.4, 0.5) is 14.5 Å². The van der Waals surface area contributed by atoms with Gasteiger partial charge >= 0.3 is 0 Å². The summed E-state index contributed by atoms with van der Waals surface area (Å²) in [6.45, 7) is 1.67. The minimum atomic E-state index is -0.572. The Labute approximate surface area is 203 Å². The number of ketones is 1. The van der Waals surface area contributed by atoms with Gasteiger partial charge in [-0.3, -0.25) is 14.2 Å². The lowest BCUT2D eigenvalue weighted by molar-refractivity contribution is -0.118. The van der Waals surface area contributed by atoms with Crippen molar-refractivity contribution in [2.24, 2.45) is 0 Å². The fourth-order valence-electron chi connectivity index (χ4n) is 3.64. The van der Waals surface area contributed by atoms with E-state index in [0.717, 1.165) is 0 Å². The molecular formula is C25H18F2N4O3S. The van der Waals surface area contributed by atoms with Crippen molar-refractivity contribution in [3.63, 3.8) is 0 Å². The largest absolute Gasteiger partial charge is 0.482 e. The molecule has 0 radical (unpaired) electrons. The van der Waals surface area contributed by atoms with Crippen LogP contribution in [0.2, 0.25) is 0 Å². The monoisotopic (exact) mass is 492 g/mol. The van der Waals surface area contributed by atoms with Crippen LogP contribution in [-0.4, -0.2) is 38.3 Å². The highest BCUT2D eigenvalue weighted by Gasteiger charge is 2.24. The van der Waals surface area contributed by atoms with E-state index in [-0.39, 0.29) is 24.1 Å². The number of fused-ring (bicyclic) bond motifs is 1. The third-order valence-electron chi connectivity index (χ3n) is 5.37. The third-order valence-corrected chi connectivity index (χ3v) is 6.41. The lowest BCUT2D eigenvalue weighted by Crippen LogP contribution is -2.25. The molecule has 4 aromatic rings. The molecule has 10 heteroatoms. The summed E-state index contributed by atoms with van der Waals surface area (Å²) in [6.07, 6.45) is 0. The number of amides is 1. The summed E-state index contributed by atoms with van der Waals surface area (Å²) in [7, 11) is 0. The number of carbonyl (C=O) groups is 2. The maximum atomic E-state index is 13.6. The van der Waals surface area contributed by atoms with Crippen molar-refractivity contribution in [3.05, 3.63) is 83.9 Å². The van der Waals surface area contributed by atoms with Gasteiger partial charge in [0.1, 0.15) is 17.4 Å². The summed E-state index contributed by atoms with van der Waals surface area (Å²) < 4.78 is 34.1. The molecule has 35 heavy (non-hydrogen) atoms. The summed E-state index contributed by atoms with van der Waals surface area (Å²) in [5.74, 6) is -0.331. The molecule has 0 saturated carbocycles. The fraction of sp³-hybridized carbons (Fsp3) is 0.120. The Balaban J connectivity index is 1.47. The first-order chi connectivity index (χ1) is 16.9. The molecule has 0 fully saturated rings. The Morgan fingerprint density at radius 2 is 1.71 bits per heavy atom. The van der Waals surface area contributed by atoms with Gasteiger partial charge in [-0.15, -0.1) is 10.2 Å². The summed E-state index contributed by atoms with van der Waals surface area (Å²) >= 11 is 1.18. The van der Waals surface area contributed by atoms with Crippen LogP contribution < -0.4 is 10.1 Å². The molecule has 1 atom stereocenters. The summed E-state index contributed by atoms with van der Waals surface area (Å²) in [6, 6.07) is 16.4. The van der Waals surface area contributed by atoms with Crippen LogP contribution in [-0.2, 0) is 4.79 Å². The second-order valence-corrected chi connectivity index (χ2v) is 9.10. The van der Waals surface area contributed by atoms with Gasteiger partial charge in [-0.05, 0) is 73.7 Å². The van der Waals surface area contributed by atoms with Gasteiger partial charge in [0.05, 0.1) is 10.9 Å². The number of nitrogens with one attached hydrogen (secondary N) is 1. The zero-order chi connectivity index (χ0) is 24.5. The van der Waals surface area contributed by atoms with Crippen molar-refractivity contribution in [1.82, 2.24) is 14.8 Å². The third kappa shape index (κ3) is 4.65. The van der Waals surface area contributed by atoms with Gasteiger partial charge in [0, 0.05) is 16.8 Å². The summed E-state index contributed by atoms with van der Waals surface area (Å²) in [5, 5.41) is 11.1. The van der Waals surface area contributed by atoms with Crippen LogP contribution in [0.5, 0.6) is 5.75 Å². The molecule has 2 heterocycles.